The monoisotopic (exact) mass is 245 g/mol. The summed E-state index contributed by atoms with van der Waals surface area (Å²) in [6, 6.07) is 5.96. The van der Waals surface area contributed by atoms with Crippen molar-refractivity contribution in [1.29, 1.82) is 0 Å². The van der Waals surface area contributed by atoms with Crippen LogP contribution in [0.25, 0.3) is 0 Å². The summed E-state index contributed by atoms with van der Waals surface area (Å²) < 4.78 is 5.86. The summed E-state index contributed by atoms with van der Waals surface area (Å²) >= 11 is 0. The lowest BCUT2D eigenvalue weighted by Crippen LogP contribution is -2.29. The predicted octanol–water partition coefficient (Wildman–Crippen LogP) is 3.31. The van der Waals surface area contributed by atoms with Crippen LogP contribution in [0.3, 0.4) is 0 Å². The van der Waals surface area contributed by atoms with Crippen LogP contribution in [-0.2, 0) is 4.79 Å². The van der Waals surface area contributed by atoms with Crippen LogP contribution < -0.4 is 10.1 Å². The van der Waals surface area contributed by atoms with E-state index in [2.05, 4.69) is 5.32 Å². The van der Waals surface area contributed by atoms with E-state index in [1.54, 1.807) is 6.92 Å². The van der Waals surface area contributed by atoms with Gasteiger partial charge in [-0.1, -0.05) is 18.9 Å². The maximum absolute atomic E-state index is 11.3. The van der Waals surface area contributed by atoms with Gasteiger partial charge in [0.25, 0.3) is 0 Å². The lowest BCUT2D eigenvalue weighted by atomic mass is 9.74. The third-order valence-electron chi connectivity index (χ3n) is 4.11. The Hall–Kier alpha value is -1.51. The Bertz CT molecular complexity index is 470. The highest BCUT2D eigenvalue weighted by atomic mass is 16.5. The minimum atomic E-state index is -0.0127. The van der Waals surface area contributed by atoms with Gasteiger partial charge in [-0.25, -0.2) is 0 Å². The van der Waals surface area contributed by atoms with Crippen molar-refractivity contribution in [3.8, 4) is 5.75 Å². The molecule has 3 rings (SSSR count). The van der Waals surface area contributed by atoms with E-state index in [9.17, 15) is 4.79 Å². The van der Waals surface area contributed by atoms with Crippen molar-refractivity contribution in [2.75, 3.05) is 11.9 Å². The molecule has 1 fully saturated rings. The van der Waals surface area contributed by atoms with Gasteiger partial charge in [0.05, 0.1) is 6.61 Å². The van der Waals surface area contributed by atoms with Crippen molar-refractivity contribution in [2.24, 2.45) is 5.92 Å². The Labute approximate surface area is 108 Å². The van der Waals surface area contributed by atoms with E-state index >= 15 is 0 Å². The predicted molar refractivity (Wildman–Crippen MR) is 70.9 cm³/mol. The van der Waals surface area contributed by atoms with Gasteiger partial charge in [0.15, 0.2) is 0 Å². The number of hydrogen-bond acceptors (Lipinski definition) is 2. The summed E-state index contributed by atoms with van der Waals surface area (Å²) in [7, 11) is 0. The van der Waals surface area contributed by atoms with Gasteiger partial charge < -0.3 is 10.1 Å². The number of anilines is 1. The molecular weight excluding hydrogens is 226 g/mol. The van der Waals surface area contributed by atoms with Gasteiger partial charge in [0, 0.05) is 24.1 Å². The number of hydrogen-bond donors (Lipinski definition) is 1. The van der Waals surface area contributed by atoms with Crippen LogP contribution >= 0.6 is 0 Å². The van der Waals surface area contributed by atoms with Gasteiger partial charge >= 0.3 is 0 Å². The second-order valence-corrected chi connectivity index (χ2v) is 5.36. The smallest absolute Gasteiger partial charge is 0.221 e. The zero-order chi connectivity index (χ0) is 12.5. The van der Waals surface area contributed by atoms with Crippen molar-refractivity contribution in [3.63, 3.8) is 0 Å². The quantitative estimate of drug-likeness (QED) is 0.824. The molecule has 1 N–H and O–H groups in total. The third kappa shape index (κ3) is 1.98. The molecule has 18 heavy (non-hydrogen) atoms. The average Bonchev–Trinajstić information content (AvgIpc) is 2.38. The molecule has 2 unspecified atom stereocenters. The summed E-state index contributed by atoms with van der Waals surface area (Å²) in [6.45, 7) is 2.39. The standard InChI is InChI=1S/C15H19NO2/c1-10(17)16-13-7-4-8-14-15(13)12-6-3-2-5-11(12)9-18-14/h4,7-8,11-12H,2-3,5-6,9H2,1H3,(H,16,17). The summed E-state index contributed by atoms with van der Waals surface area (Å²) in [6.07, 6.45) is 5.06. The minimum absolute atomic E-state index is 0.0127. The van der Waals surface area contributed by atoms with Crippen LogP contribution in [0.15, 0.2) is 18.2 Å². The summed E-state index contributed by atoms with van der Waals surface area (Å²) in [4.78, 5) is 11.3. The zero-order valence-electron chi connectivity index (χ0n) is 10.7. The van der Waals surface area contributed by atoms with Gasteiger partial charge in [-0.15, -0.1) is 0 Å². The lowest BCUT2D eigenvalue weighted by Gasteiger charge is -2.38. The molecule has 1 heterocycles. The van der Waals surface area contributed by atoms with Crippen molar-refractivity contribution < 1.29 is 9.53 Å². The van der Waals surface area contributed by atoms with E-state index in [1.165, 1.54) is 31.2 Å². The Morgan fingerprint density at radius 1 is 1.33 bits per heavy atom. The normalized spacial score (nSPS) is 25.6. The Balaban J connectivity index is 2.01. The van der Waals surface area contributed by atoms with E-state index in [0.717, 1.165) is 18.0 Å². The molecule has 1 aromatic rings. The summed E-state index contributed by atoms with van der Waals surface area (Å²) in [5.74, 6) is 2.14. The van der Waals surface area contributed by atoms with Crippen molar-refractivity contribution in [3.05, 3.63) is 23.8 Å². The van der Waals surface area contributed by atoms with E-state index in [0.29, 0.717) is 11.8 Å². The van der Waals surface area contributed by atoms with Crippen LogP contribution in [0.1, 0.15) is 44.1 Å². The molecular formula is C15H19NO2. The van der Waals surface area contributed by atoms with Crippen LogP contribution in [-0.4, -0.2) is 12.5 Å². The Morgan fingerprint density at radius 2 is 2.17 bits per heavy atom. The van der Waals surface area contributed by atoms with Crippen molar-refractivity contribution >= 4 is 11.6 Å². The molecule has 0 bridgehead atoms. The number of fused-ring (bicyclic) bond motifs is 3. The number of benzene rings is 1. The van der Waals surface area contributed by atoms with Gasteiger partial charge in [-0.3, -0.25) is 4.79 Å². The molecule has 1 aromatic carbocycles. The van der Waals surface area contributed by atoms with Crippen LogP contribution in [0.4, 0.5) is 5.69 Å². The summed E-state index contributed by atoms with van der Waals surface area (Å²) in [5, 5.41) is 2.95. The maximum atomic E-state index is 11.3. The Morgan fingerprint density at radius 3 is 3.00 bits per heavy atom. The fourth-order valence-corrected chi connectivity index (χ4v) is 3.34. The van der Waals surface area contributed by atoms with Crippen LogP contribution in [0.5, 0.6) is 5.75 Å². The van der Waals surface area contributed by atoms with Crippen molar-refractivity contribution in [2.45, 2.75) is 38.5 Å². The first-order valence-corrected chi connectivity index (χ1v) is 6.79. The molecule has 0 saturated heterocycles. The van der Waals surface area contributed by atoms with Gasteiger partial charge in [-0.2, -0.15) is 0 Å². The average molecular weight is 245 g/mol. The van der Waals surface area contributed by atoms with Gasteiger partial charge in [-0.05, 0) is 30.9 Å². The molecule has 96 valence electrons. The molecule has 0 aromatic heterocycles. The lowest BCUT2D eigenvalue weighted by molar-refractivity contribution is -0.114. The molecule has 2 aliphatic rings. The van der Waals surface area contributed by atoms with E-state index in [-0.39, 0.29) is 5.91 Å². The van der Waals surface area contributed by atoms with Gasteiger partial charge in [0.1, 0.15) is 5.75 Å². The fourth-order valence-electron chi connectivity index (χ4n) is 3.34. The SMILES string of the molecule is CC(=O)Nc1cccc2c1C1CCCCC1CO2. The molecule has 1 amide bonds. The molecule has 2 atom stereocenters. The molecule has 3 nitrogen and oxygen atoms in total. The largest absolute Gasteiger partial charge is 0.493 e. The first kappa shape index (κ1) is 11.6. The number of nitrogens with one attached hydrogen (secondary N) is 1. The molecule has 0 radical (unpaired) electrons. The van der Waals surface area contributed by atoms with Crippen LogP contribution in [0.2, 0.25) is 0 Å². The number of amides is 1. The number of rotatable bonds is 1. The first-order chi connectivity index (χ1) is 8.75. The fraction of sp³-hybridized carbons (Fsp3) is 0.533. The van der Waals surface area contributed by atoms with Crippen LogP contribution in [0, 0.1) is 5.92 Å². The second kappa shape index (κ2) is 4.63. The summed E-state index contributed by atoms with van der Waals surface area (Å²) in [5.41, 5.74) is 2.17. The highest BCUT2D eigenvalue weighted by Crippen LogP contribution is 2.47. The number of carbonyl (C=O) groups is 1. The molecule has 1 saturated carbocycles. The van der Waals surface area contributed by atoms with E-state index < -0.39 is 0 Å². The molecule has 0 spiro atoms. The second-order valence-electron chi connectivity index (χ2n) is 5.36. The third-order valence-corrected chi connectivity index (χ3v) is 4.11. The first-order valence-electron chi connectivity index (χ1n) is 6.79. The van der Waals surface area contributed by atoms with Gasteiger partial charge in [0.2, 0.25) is 5.91 Å². The molecule has 1 aliphatic carbocycles. The maximum Gasteiger partial charge on any atom is 0.221 e. The number of carbonyl (C=O) groups excluding carboxylic acids is 1. The highest BCUT2D eigenvalue weighted by molar-refractivity contribution is 5.90. The molecule has 3 heteroatoms. The Kier molecular flexibility index (Phi) is 2.98. The zero-order valence-corrected chi connectivity index (χ0v) is 10.7. The van der Waals surface area contributed by atoms with E-state index in [1.807, 2.05) is 18.2 Å². The number of ether oxygens (including phenoxy) is 1. The van der Waals surface area contributed by atoms with E-state index in [4.69, 9.17) is 4.74 Å². The topological polar surface area (TPSA) is 38.3 Å². The minimum Gasteiger partial charge on any atom is -0.493 e. The van der Waals surface area contributed by atoms with Crippen molar-refractivity contribution in [1.82, 2.24) is 0 Å². The highest BCUT2D eigenvalue weighted by Gasteiger charge is 2.34. The molecule has 1 aliphatic heterocycles.